The van der Waals surface area contributed by atoms with E-state index in [1.54, 1.807) is 0 Å². The summed E-state index contributed by atoms with van der Waals surface area (Å²) in [4.78, 5) is 2.50. The lowest BCUT2D eigenvalue weighted by molar-refractivity contribution is 0.445. The summed E-state index contributed by atoms with van der Waals surface area (Å²) < 4.78 is 8.78. The van der Waals surface area contributed by atoms with Gasteiger partial charge in [0.05, 0.1) is 22.4 Å². The van der Waals surface area contributed by atoms with E-state index in [-0.39, 0.29) is 0 Å². The standard InChI is InChI=1S/C52H40N2O/c1-3-16-35(17-4-1)39-25-13-18-36-19-14-26-42(51(36)39)40-22-7-10-27-45(40)54(38-32-33-50-44(34-38)41-23-9-12-31-49(41)55-50)48-30-15-29-47-52(48)43-24-8-11-28-46(43)53(47)37-20-5-2-6-21-37/h2,5-15,18-35H,1,3-4,16-17H2. The number of nitrogens with zero attached hydrogens (tertiary/aromatic N) is 2. The van der Waals surface area contributed by atoms with Crippen molar-refractivity contribution in [3.05, 3.63) is 181 Å². The quantitative estimate of drug-likeness (QED) is 0.171. The molecule has 11 rings (SSSR count). The van der Waals surface area contributed by atoms with Crippen LogP contribution in [0.15, 0.2) is 180 Å². The summed E-state index contributed by atoms with van der Waals surface area (Å²) in [6.07, 6.45) is 6.47. The second-order valence-corrected chi connectivity index (χ2v) is 15.1. The smallest absolute Gasteiger partial charge is 0.135 e. The zero-order valence-corrected chi connectivity index (χ0v) is 30.7. The minimum absolute atomic E-state index is 0.580. The van der Waals surface area contributed by atoms with E-state index >= 15 is 0 Å². The van der Waals surface area contributed by atoms with Crippen LogP contribution in [0.2, 0.25) is 0 Å². The molecule has 0 atom stereocenters. The van der Waals surface area contributed by atoms with E-state index in [0.717, 1.165) is 44.7 Å². The molecule has 1 saturated carbocycles. The Morgan fingerprint density at radius 1 is 0.473 bits per heavy atom. The minimum Gasteiger partial charge on any atom is -0.456 e. The summed E-state index contributed by atoms with van der Waals surface area (Å²) in [5, 5.41) is 7.37. The maximum absolute atomic E-state index is 6.37. The fourth-order valence-electron chi connectivity index (χ4n) is 9.55. The van der Waals surface area contributed by atoms with Gasteiger partial charge in [-0.3, -0.25) is 0 Å². The van der Waals surface area contributed by atoms with E-state index in [0.29, 0.717) is 5.92 Å². The van der Waals surface area contributed by atoms with Crippen LogP contribution in [0.1, 0.15) is 43.6 Å². The van der Waals surface area contributed by atoms with Gasteiger partial charge in [0.15, 0.2) is 0 Å². The average Bonchev–Trinajstić information content (AvgIpc) is 3.80. The molecule has 3 nitrogen and oxygen atoms in total. The van der Waals surface area contributed by atoms with Crippen LogP contribution in [0.3, 0.4) is 0 Å². The average molecular weight is 709 g/mol. The molecular formula is C52H40N2O. The molecule has 2 heterocycles. The topological polar surface area (TPSA) is 21.3 Å². The molecule has 0 unspecified atom stereocenters. The first-order chi connectivity index (χ1) is 27.3. The van der Waals surface area contributed by atoms with E-state index in [1.807, 2.05) is 6.07 Å². The first kappa shape index (κ1) is 31.9. The number of hydrogen-bond donors (Lipinski definition) is 0. The lowest BCUT2D eigenvalue weighted by Gasteiger charge is -2.30. The van der Waals surface area contributed by atoms with Gasteiger partial charge in [-0.15, -0.1) is 0 Å². The van der Waals surface area contributed by atoms with Crippen molar-refractivity contribution in [3.8, 4) is 16.8 Å². The van der Waals surface area contributed by atoms with Crippen LogP contribution in [0, 0.1) is 0 Å². The molecule has 0 spiro atoms. The molecule has 1 fully saturated rings. The Kier molecular flexibility index (Phi) is 7.58. The highest BCUT2D eigenvalue weighted by atomic mass is 16.3. The number of hydrogen-bond acceptors (Lipinski definition) is 2. The van der Waals surface area contributed by atoms with Crippen molar-refractivity contribution in [2.45, 2.75) is 38.0 Å². The van der Waals surface area contributed by atoms with Crippen molar-refractivity contribution in [2.75, 3.05) is 4.90 Å². The van der Waals surface area contributed by atoms with E-state index < -0.39 is 0 Å². The number of aromatic nitrogens is 1. The normalized spacial score (nSPS) is 13.7. The third-order valence-electron chi connectivity index (χ3n) is 12.0. The van der Waals surface area contributed by atoms with Crippen molar-refractivity contribution in [1.82, 2.24) is 4.57 Å². The summed E-state index contributed by atoms with van der Waals surface area (Å²) in [6, 6.07) is 64.3. The van der Waals surface area contributed by atoms with E-state index in [9.17, 15) is 0 Å². The maximum Gasteiger partial charge on any atom is 0.135 e. The molecule has 0 saturated heterocycles. The molecule has 0 bridgehead atoms. The fourth-order valence-corrected chi connectivity index (χ4v) is 9.55. The summed E-state index contributed by atoms with van der Waals surface area (Å²) >= 11 is 0. The summed E-state index contributed by atoms with van der Waals surface area (Å²) in [7, 11) is 0. The van der Waals surface area contributed by atoms with Crippen LogP contribution in [0.4, 0.5) is 17.1 Å². The number of para-hydroxylation sites is 4. The van der Waals surface area contributed by atoms with Gasteiger partial charge < -0.3 is 13.9 Å². The molecule has 2 aromatic heterocycles. The van der Waals surface area contributed by atoms with Crippen LogP contribution >= 0.6 is 0 Å². The second kappa shape index (κ2) is 13.1. The van der Waals surface area contributed by atoms with E-state index in [4.69, 9.17) is 4.42 Å². The van der Waals surface area contributed by atoms with Gasteiger partial charge in [-0.2, -0.15) is 0 Å². The Bertz CT molecular complexity index is 3030. The van der Waals surface area contributed by atoms with Crippen LogP contribution in [0.25, 0.3) is 71.3 Å². The van der Waals surface area contributed by atoms with Crippen molar-refractivity contribution >= 4 is 71.6 Å². The number of fused-ring (bicyclic) bond motifs is 7. The third kappa shape index (κ3) is 5.18. The predicted octanol–water partition coefficient (Wildman–Crippen LogP) is 15.0. The Morgan fingerprint density at radius 2 is 1.15 bits per heavy atom. The zero-order chi connectivity index (χ0) is 36.3. The molecule has 1 aliphatic carbocycles. The van der Waals surface area contributed by atoms with Gasteiger partial charge in [-0.1, -0.05) is 135 Å². The van der Waals surface area contributed by atoms with Crippen LogP contribution in [-0.4, -0.2) is 4.57 Å². The summed E-state index contributed by atoms with van der Waals surface area (Å²) in [5.74, 6) is 0.580. The maximum atomic E-state index is 6.37. The van der Waals surface area contributed by atoms with Crippen molar-refractivity contribution < 1.29 is 4.42 Å². The first-order valence-corrected chi connectivity index (χ1v) is 19.7. The molecule has 0 amide bonds. The third-order valence-corrected chi connectivity index (χ3v) is 12.0. The molecule has 0 aliphatic heterocycles. The lowest BCUT2D eigenvalue weighted by atomic mass is 9.80. The highest BCUT2D eigenvalue weighted by Gasteiger charge is 2.26. The van der Waals surface area contributed by atoms with E-state index in [1.165, 1.54) is 81.4 Å². The van der Waals surface area contributed by atoms with Gasteiger partial charge >= 0.3 is 0 Å². The number of furan rings is 1. The molecule has 0 N–H and O–H groups in total. The molecule has 10 aromatic rings. The van der Waals surface area contributed by atoms with Gasteiger partial charge in [-0.05, 0) is 101 Å². The van der Waals surface area contributed by atoms with Gasteiger partial charge in [0.25, 0.3) is 0 Å². The highest BCUT2D eigenvalue weighted by molar-refractivity contribution is 6.18. The Morgan fingerprint density at radius 3 is 2.04 bits per heavy atom. The Hall–Kier alpha value is -6.58. The number of anilines is 3. The number of rotatable bonds is 6. The van der Waals surface area contributed by atoms with Crippen LogP contribution in [-0.2, 0) is 0 Å². The molecule has 55 heavy (non-hydrogen) atoms. The van der Waals surface area contributed by atoms with Crippen LogP contribution < -0.4 is 4.90 Å². The monoisotopic (exact) mass is 708 g/mol. The van der Waals surface area contributed by atoms with Gasteiger partial charge in [0, 0.05) is 38.5 Å². The number of benzene rings is 8. The summed E-state index contributed by atoms with van der Waals surface area (Å²) in [5.41, 5.74) is 12.7. The van der Waals surface area contributed by atoms with Gasteiger partial charge in [-0.25, -0.2) is 0 Å². The molecule has 0 radical (unpaired) electrons. The predicted molar refractivity (Wildman–Crippen MR) is 232 cm³/mol. The summed E-state index contributed by atoms with van der Waals surface area (Å²) in [6.45, 7) is 0. The molecule has 3 heteroatoms. The van der Waals surface area contributed by atoms with Gasteiger partial charge in [0.1, 0.15) is 11.2 Å². The van der Waals surface area contributed by atoms with Crippen molar-refractivity contribution in [1.29, 1.82) is 0 Å². The SMILES string of the molecule is c1ccc(-n2c3ccccc3c3c(N(c4ccc5oc6ccccc6c5c4)c4ccccc4-c4cccc5cccc(C6CCCCC6)c45)cccc32)cc1. The van der Waals surface area contributed by atoms with Crippen molar-refractivity contribution in [3.63, 3.8) is 0 Å². The fraction of sp³-hybridized carbons (Fsp3) is 0.115. The van der Waals surface area contributed by atoms with Crippen LogP contribution in [0.5, 0.6) is 0 Å². The molecule has 1 aliphatic rings. The largest absolute Gasteiger partial charge is 0.456 e. The first-order valence-electron chi connectivity index (χ1n) is 19.7. The Balaban J connectivity index is 1.23. The molecule has 264 valence electrons. The lowest BCUT2D eigenvalue weighted by Crippen LogP contribution is -2.12. The van der Waals surface area contributed by atoms with Gasteiger partial charge in [0.2, 0.25) is 0 Å². The second-order valence-electron chi connectivity index (χ2n) is 15.1. The Labute approximate surface area is 320 Å². The molecular weight excluding hydrogens is 669 g/mol. The van der Waals surface area contributed by atoms with Crippen molar-refractivity contribution in [2.24, 2.45) is 0 Å². The molecule has 8 aromatic carbocycles. The van der Waals surface area contributed by atoms with E-state index in [2.05, 4.69) is 179 Å². The minimum atomic E-state index is 0.580. The highest BCUT2D eigenvalue weighted by Crippen LogP contribution is 2.49. The zero-order valence-electron chi connectivity index (χ0n) is 30.7.